The highest BCUT2D eigenvalue weighted by Gasteiger charge is 2.27. The van der Waals surface area contributed by atoms with Crippen LogP contribution in [0.3, 0.4) is 0 Å². The van der Waals surface area contributed by atoms with Gasteiger partial charge in [-0.25, -0.2) is 14.8 Å². The first-order valence-electron chi connectivity index (χ1n) is 9.09. The zero-order valence-electron chi connectivity index (χ0n) is 17.3. The highest BCUT2D eigenvalue weighted by Crippen LogP contribution is 2.26. The Bertz CT molecular complexity index is 867. The lowest BCUT2D eigenvalue weighted by molar-refractivity contribution is -0.126. The number of hydrogen-bond donors (Lipinski definition) is 1. The molecule has 0 bridgehead atoms. The van der Waals surface area contributed by atoms with Gasteiger partial charge in [-0.1, -0.05) is 20.8 Å². The fourth-order valence-electron chi connectivity index (χ4n) is 3.36. The zero-order valence-corrected chi connectivity index (χ0v) is 17.3. The second kappa shape index (κ2) is 7.62. The van der Waals surface area contributed by atoms with E-state index in [4.69, 9.17) is 4.74 Å². The predicted octanol–water partition coefficient (Wildman–Crippen LogP) is 3.73. The van der Waals surface area contributed by atoms with Gasteiger partial charge in [0.1, 0.15) is 0 Å². The van der Waals surface area contributed by atoms with Gasteiger partial charge in [-0.3, -0.25) is 4.79 Å². The summed E-state index contributed by atoms with van der Waals surface area (Å²) < 4.78 is 5.17. The molecule has 0 saturated carbocycles. The van der Waals surface area contributed by atoms with Crippen LogP contribution in [-0.4, -0.2) is 34.0 Å². The number of nitrogens with one attached hydrogen (secondary N) is 1. The quantitative estimate of drug-likeness (QED) is 0.810. The molecule has 1 aromatic heterocycles. The lowest BCUT2D eigenvalue weighted by atomic mass is 9.82. The summed E-state index contributed by atoms with van der Waals surface area (Å²) in [4.78, 5) is 33.3. The Morgan fingerprint density at radius 3 is 2.19 bits per heavy atom. The minimum absolute atomic E-state index is 0.0794. The number of fused-ring (bicyclic) bond motifs is 1. The van der Waals surface area contributed by atoms with Crippen LogP contribution in [0.1, 0.15) is 62.8 Å². The summed E-state index contributed by atoms with van der Waals surface area (Å²) in [6.45, 7) is 13.7. The summed E-state index contributed by atoms with van der Waals surface area (Å²) >= 11 is 0. The molecule has 0 spiro atoms. The zero-order chi connectivity index (χ0) is 20.4. The van der Waals surface area contributed by atoms with Gasteiger partial charge >= 0.3 is 5.97 Å². The third kappa shape index (κ3) is 6.01. The van der Waals surface area contributed by atoms with E-state index in [1.165, 1.54) is 0 Å². The van der Waals surface area contributed by atoms with Gasteiger partial charge in [-0.05, 0) is 57.7 Å². The summed E-state index contributed by atoms with van der Waals surface area (Å²) in [6.07, 6.45) is 0.807. The monoisotopic (exact) mass is 371 g/mol. The van der Waals surface area contributed by atoms with E-state index in [0.717, 1.165) is 23.3 Å². The van der Waals surface area contributed by atoms with E-state index >= 15 is 0 Å². The van der Waals surface area contributed by atoms with E-state index in [-0.39, 0.29) is 23.5 Å². The molecule has 1 N–H and O–H groups in total. The van der Waals surface area contributed by atoms with Gasteiger partial charge in [-0.15, -0.1) is 0 Å². The van der Waals surface area contributed by atoms with Crippen molar-refractivity contribution in [3.63, 3.8) is 0 Å². The molecule has 0 aliphatic rings. The molecular weight excluding hydrogens is 342 g/mol. The summed E-state index contributed by atoms with van der Waals surface area (Å²) in [5, 5.41) is 2.92. The van der Waals surface area contributed by atoms with Gasteiger partial charge in [-0.2, -0.15) is 0 Å². The minimum atomic E-state index is -0.555. The molecule has 0 aliphatic carbocycles. The molecule has 0 aliphatic heterocycles. The van der Waals surface area contributed by atoms with E-state index in [9.17, 15) is 9.59 Å². The van der Waals surface area contributed by atoms with Crippen LogP contribution in [0, 0.1) is 19.3 Å². The van der Waals surface area contributed by atoms with Crippen molar-refractivity contribution in [2.24, 2.45) is 5.41 Å². The second-order valence-electron chi connectivity index (χ2n) is 8.84. The molecule has 1 amide bonds. The highest BCUT2D eigenvalue weighted by molar-refractivity contribution is 5.94. The molecule has 2 aromatic rings. The largest absolute Gasteiger partial charge is 0.452 e. The van der Waals surface area contributed by atoms with Gasteiger partial charge in [0.2, 0.25) is 0 Å². The molecule has 0 saturated heterocycles. The van der Waals surface area contributed by atoms with Crippen molar-refractivity contribution in [3.05, 3.63) is 35.2 Å². The standard InChI is InChI=1S/C21H29N3O3/c1-13-14(2)23-17-10-15(8-9-16(17)22-13)19(26)27-11-18(25)24-21(6,7)12-20(3,4)5/h8-10H,11-12H2,1-7H3,(H,24,25). The molecule has 6 heteroatoms. The van der Waals surface area contributed by atoms with Crippen molar-refractivity contribution in [3.8, 4) is 0 Å². The Labute approximate surface area is 160 Å². The number of aromatic nitrogens is 2. The van der Waals surface area contributed by atoms with Crippen molar-refractivity contribution in [2.75, 3.05) is 6.61 Å². The Morgan fingerprint density at radius 2 is 1.59 bits per heavy atom. The van der Waals surface area contributed by atoms with E-state index < -0.39 is 5.97 Å². The topological polar surface area (TPSA) is 81.2 Å². The third-order valence-corrected chi connectivity index (χ3v) is 4.10. The molecule has 1 heterocycles. The van der Waals surface area contributed by atoms with Crippen LogP contribution in [0.25, 0.3) is 11.0 Å². The summed E-state index contributed by atoms with van der Waals surface area (Å²) in [5.74, 6) is -0.870. The number of hydrogen-bond acceptors (Lipinski definition) is 5. The van der Waals surface area contributed by atoms with Crippen LogP contribution in [0.4, 0.5) is 0 Å². The van der Waals surface area contributed by atoms with Crippen molar-refractivity contribution < 1.29 is 14.3 Å². The smallest absolute Gasteiger partial charge is 0.338 e. The molecule has 146 valence electrons. The van der Waals surface area contributed by atoms with Crippen LogP contribution in [-0.2, 0) is 9.53 Å². The maximum absolute atomic E-state index is 12.3. The molecule has 0 unspecified atom stereocenters. The van der Waals surface area contributed by atoms with Crippen LogP contribution in [0.15, 0.2) is 18.2 Å². The maximum atomic E-state index is 12.3. The molecule has 0 atom stereocenters. The number of benzene rings is 1. The molecule has 1 aromatic carbocycles. The Hall–Kier alpha value is -2.50. The molecule has 0 radical (unpaired) electrons. The Balaban J connectivity index is 2.00. The first kappa shape index (κ1) is 20.8. The first-order chi connectivity index (χ1) is 12.4. The van der Waals surface area contributed by atoms with E-state index in [1.807, 2.05) is 27.7 Å². The Morgan fingerprint density at radius 1 is 1.00 bits per heavy atom. The molecule has 0 fully saturated rings. The summed E-state index contributed by atoms with van der Waals surface area (Å²) in [6, 6.07) is 5.01. The Kier molecular flexibility index (Phi) is 5.88. The van der Waals surface area contributed by atoms with Crippen molar-refractivity contribution >= 4 is 22.9 Å². The molecular formula is C21H29N3O3. The van der Waals surface area contributed by atoms with Crippen LogP contribution in [0.5, 0.6) is 0 Å². The third-order valence-electron chi connectivity index (χ3n) is 4.10. The predicted molar refractivity (Wildman–Crippen MR) is 106 cm³/mol. The lowest BCUT2D eigenvalue weighted by Gasteiger charge is -2.33. The number of ether oxygens (including phenoxy) is 1. The summed E-state index contributed by atoms with van der Waals surface area (Å²) in [7, 11) is 0. The number of nitrogens with zero attached hydrogens (tertiary/aromatic N) is 2. The van der Waals surface area contributed by atoms with Crippen LogP contribution < -0.4 is 5.32 Å². The first-order valence-corrected chi connectivity index (χ1v) is 9.09. The van der Waals surface area contributed by atoms with Crippen LogP contribution >= 0.6 is 0 Å². The summed E-state index contributed by atoms with van der Waals surface area (Å²) in [5.41, 5.74) is 3.06. The lowest BCUT2D eigenvalue weighted by Crippen LogP contribution is -2.47. The van der Waals surface area contributed by atoms with Gasteiger partial charge in [0.15, 0.2) is 6.61 Å². The fourth-order valence-corrected chi connectivity index (χ4v) is 3.36. The maximum Gasteiger partial charge on any atom is 0.338 e. The number of amides is 1. The average Bonchev–Trinajstić information content (AvgIpc) is 2.50. The molecule has 27 heavy (non-hydrogen) atoms. The number of esters is 1. The van der Waals surface area contributed by atoms with Crippen molar-refractivity contribution in [1.29, 1.82) is 0 Å². The number of aryl methyl sites for hydroxylation is 2. The molecule has 2 rings (SSSR count). The van der Waals surface area contributed by atoms with Gasteiger partial charge in [0.25, 0.3) is 5.91 Å². The second-order valence-corrected chi connectivity index (χ2v) is 8.84. The van der Waals surface area contributed by atoms with E-state index in [0.29, 0.717) is 11.1 Å². The number of carbonyl (C=O) groups is 2. The van der Waals surface area contributed by atoms with Gasteiger partial charge < -0.3 is 10.1 Å². The minimum Gasteiger partial charge on any atom is -0.452 e. The van der Waals surface area contributed by atoms with Crippen LogP contribution in [0.2, 0.25) is 0 Å². The van der Waals surface area contributed by atoms with Crippen molar-refractivity contribution in [1.82, 2.24) is 15.3 Å². The molecule has 6 nitrogen and oxygen atoms in total. The van der Waals surface area contributed by atoms with Gasteiger partial charge in [0.05, 0.1) is 28.0 Å². The normalized spacial score (nSPS) is 12.1. The van der Waals surface area contributed by atoms with Gasteiger partial charge in [0, 0.05) is 5.54 Å². The van der Waals surface area contributed by atoms with Crippen molar-refractivity contribution in [2.45, 2.75) is 60.4 Å². The van der Waals surface area contributed by atoms with E-state index in [1.54, 1.807) is 18.2 Å². The van der Waals surface area contributed by atoms with E-state index in [2.05, 4.69) is 36.1 Å². The highest BCUT2D eigenvalue weighted by atomic mass is 16.5. The SMILES string of the molecule is Cc1nc2ccc(C(=O)OCC(=O)NC(C)(C)CC(C)(C)C)cc2nc1C. The number of carbonyl (C=O) groups excluding carboxylic acids is 2. The number of rotatable bonds is 5. The fraction of sp³-hybridized carbons (Fsp3) is 0.524. The average molecular weight is 371 g/mol.